The molecule has 0 aromatic heterocycles. The first-order chi connectivity index (χ1) is 18.2. The smallest absolute Gasteiger partial charge is 0.314 e. The van der Waals surface area contributed by atoms with Gasteiger partial charge in [-0.15, -0.1) is 0 Å². The Bertz CT molecular complexity index is 958. The molecule has 2 saturated heterocycles. The lowest BCUT2D eigenvalue weighted by Crippen LogP contribution is -2.43. The molecule has 212 valence electrons. The predicted octanol–water partition coefficient (Wildman–Crippen LogP) is 7.70. The summed E-state index contributed by atoms with van der Waals surface area (Å²) in [5, 5.41) is 7.79. The molecule has 1 aliphatic carbocycles. The average Bonchev–Trinajstić information content (AvgIpc) is 2.88. The molecule has 0 radical (unpaired) electrons. The lowest BCUT2D eigenvalue weighted by atomic mass is 9.88. The Kier molecular flexibility index (Phi) is 15.0. The number of rotatable bonds is 3. The summed E-state index contributed by atoms with van der Waals surface area (Å²) in [6.07, 6.45) is 13.2. The minimum absolute atomic E-state index is 0.298. The molecule has 38 heavy (non-hydrogen) atoms. The second-order valence-electron chi connectivity index (χ2n) is 10.4. The predicted molar refractivity (Wildman–Crippen MR) is 166 cm³/mol. The lowest BCUT2D eigenvalue weighted by Gasteiger charge is -2.32. The van der Waals surface area contributed by atoms with Crippen LogP contribution < -0.4 is 5.73 Å². The van der Waals surface area contributed by atoms with E-state index in [2.05, 4.69) is 57.8 Å². The monoisotopic (exact) mass is 672 g/mol. The molecule has 3 aliphatic rings. The number of primary amides is 1. The highest BCUT2D eigenvalue weighted by atomic mass is 79.9. The first kappa shape index (κ1) is 32.8. The van der Waals surface area contributed by atoms with Crippen LogP contribution in [0.4, 0.5) is 4.79 Å². The molecule has 3 N–H and O–H groups in total. The molecule has 9 heteroatoms. The molecule has 1 atom stereocenters. The minimum atomic E-state index is -0.337. The highest BCUT2D eigenvalue weighted by Crippen LogP contribution is 2.35. The Balaban J connectivity index is 0.000000235. The Labute approximate surface area is 250 Å². The summed E-state index contributed by atoms with van der Waals surface area (Å²) in [4.78, 5) is 26.8. The van der Waals surface area contributed by atoms with Gasteiger partial charge in [0.25, 0.3) is 0 Å². The van der Waals surface area contributed by atoms with Crippen molar-refractivity contribution in [1.82, 2.24) is 9.80 Å². The van der Waals surface area contributed by atoms with Gasteiger partial charge in [0.05, 0.1) is 0 Å². The molecule has 1 aromatic rings. The number of aryl methyl sites for hydroxylation is 1. The van der Waals surface area contributed by atoms with Crippen LogP contribution >= 0.6 is 43.5 Å². The van der Waals surface area contributed by atoms with Gasteiger partial charge in [-0.3, -0.25) is 4.79 Å². The molecule has 0 bridgehead atoms. The van der Waals surface area contributed by atoms with E-state index in [1.165, 1.54) is 42.2 Å². The molecule has 1 aromatic carbocycles. The Hall–Kier alpha value is -1.38. The third-order valence-corrected chi connectivity index (χ3v) is 8.56. The van der Waals surface area contributed by atoms with Crippen LogP contribution in [-0.4, -0.2) is 59.5 Å². The number of urea groups is 1. The van der Waals surface area contributed by atoms with Crippen molar-refractivity contribution in [2.75, 3.05) is 31.5 Å². The quantitative estimate of drug-likeness (QED) is 0.196. The van der Waals surface area contributed by atoms with Crippen LogP contribution in [0.25, 0.3) is 0 Å². The van der Waals surface area contributed by atoms with E-state index in [0.717, 1.165) is 54.7 Å². The van der Waals surface area contributed by atoms with Gasteiger partial charge in [-0.2, -0.15) is 0 Å². The van der Waals surface area contributed by atoms with E-state index < -0.39 is 0 Å². The Morgan fingerprint density at radius 1 is 1.08 bits per heavy atom. The number of carbonyl (C=O) groups excluding carboxylic acids is 2. The van der Waals surface area contributed by atoms with Gasteiger partial charge in [0.15, 0.2) is 0 Å². The maximum absolute atomic E-state index is 12.1. The number of hydrogen-bond donors (Lipinski definition) is 2. The molecular formula is C29H43Br2ClN4O2. The number of fused-ring (bicyclic) bond motifs is 1. The van der Waals surface area contributed by atoms with Crippen molar-refractivity contribution in [2.45, 2.75) is 77.6 Å². The molecule has 2 aliphatic heterocycles. The zero-order chi connectivity index (χ0) is 28.1. The molecule has 0 unspecified atom stereocenters. The third-order valence-electron chi connectivity index (χ3n) is 7.36. The average molecular weight is 675 g/mol. The molecule has 4 rings (SSSR count). The summed E-state index contributed by atoms with van der Waals surface area (Å²) < 4.78 is 1.15. The highest BCUT2D eigenvalue weighted by molar-refractivity contribution is 9.10. The van der Waals surface area contributed by atoms with Crippen molar-refractivity contribution in [3.8, 4) is 0 Å². The lowest BCUT2D eigenvalue weighted by molar-refractivity contribution is -0.133. The van der Waals surface area contributed by atoms with Gasteiger partial charge in [0.2, 0.25) is 5.91 Å². The van der Waals surface area contributed by atoms with Gasteiger partial charge in [-0.05, 0) is 87.5 Å². The number of allylic oxidation sites excluding steroid dienone is 2. The van der Waals surface area contributed by atoms with E-state index in [1.807, 2.05) is 11.0 Å². The minimum Gasteiger partial charge on any atom is -0.351 e. The summed E-state index contributed by atoms with van der Waals surface area (Å²) in [5.74, 6) is 1.20. The number of alkyl halides is 1. The van der Waals surface area contributed by atoms with E-state index in [-0.39, 0.29) is 6.03 Å². The van der Waals surface area contributed by atoms with Crippen molar-refractivity contribution in [2.24, 2.45) is 11.7 Å². The number of benzene rings is 1. The molecule has 0 spiro atoms. The summed E-state index contributed by atoms with van der Waals surface area (Å²) in [6.45, 7) is 7.75. The van der Waals surface area contributed by atoms with Crippen LogP contribution in [0.1, 0.15) is 82.3 Å². The van der Waals surface area contributed by atoms with Gasteiger partial charge < -0.3 is 20.9 Å². The number of amides is 3. The van der Waals surface area contributed by atoms with Gasteiger partial charge in [-0.1, -0.05) is 62.0 Å². The van der Waals surface area contributed by atoms with E-state index in [0.29, 0.717) is 42.6 Å². The zero-order valence-corrected chi connectivity index (χ0v) is 26.7. The number of piperidine rings is 2. The normalized spacial score (nSPS) is 21.2. The second-order valence-corrected chi connectivity index (χ2v) is 12.3. The maximum Gasteiger partial charge on any atom is 0.314 e. The van der Waals surface area contributed by atoms with Gasteiger partial charge in [0, 0.05) is 59.6 Å². The van der Waals surface area contributed by atoms with E-state index in [4.69, 9.17) is 22.7 Å². The molecule has 3 amide bonds. The molecule has 2 heterocycles. The molecule has 2 fully saturated rings. The van der Waals surface area contributed by atoms with Crippen molar-refractivity contribution >= 4 is 61.6 Å². The van der Waals surface area contributed by atoms with E-state index in [1.54, 1.807) is 4.90 Å². The second kappa shape index (κ2) is 17.3. The number of hydrogen-bond acceptors (Lipinski definition) is 3. The third kappa shape index (κ3) is 11.0. The van der Waals surface area contributed by atoms with Crippen LogP contribution in [0, 0.1) is 11.3 Å². The summed E-state index contributed by atoms with van der Waals surface area (Å²) >= 11 is 12.8. The number of halogens is 3. The standard InChI is InChI=1S/C14H16BrCl.C13H23N3O2.C2H4BrN/c1-9-4-3-5-11-7-12(16)8-13(15)14(11)10(2)6-9;14-13(18)16-8-4-11(5-9-16)10-12(17)15-6-2-1-3-7-15;3-1-2-4/h6-8,10H,3-5H2,1-2H3;11H,1-10H2,(H2,14,18);2,4H,1H2/b9-6-;;/t10-;;/m0../s1. The van der Waals surface area contributed by atoms with Crippen LogP contribution in [-0.2, 0) is 11.2 Å². The fourth-order valence-corrected chi connectivity index (χ4v) is 6.62. The zero-order valence-electron chi connectivity index (χ0n) is 22.8. The van der Waals surface area contributed by atoms with Gasteiger partial charge in [-0.25, -0.2) is 4.79 Å². The molecular weight excluding hydrogens is 632 g/mol. The van der Waals surface area contributed by atoms with Gasteiger partial charge in [0.1, 0.15) is 0 Å². The first-order valence-electron chi connectivity index (χ1n) is 13.7. The topological polar surface area (TPSA) is 90.5 Å². The van der Waals surface area contributed by atoms with Crippen LogP contribution in [0.3, 0.4) is 0 Å². The van der Waals surface area contributed by atoms with Crippen molar-refractivity contribution in [3.05, 3.63) is 44.4 Å². The van der Waals surface area contributed by atoms with Crippen LogP contribution in [0.5, 0.6) is 0 Å². The van der Waals surface area contributed by atoms with E-state index >= 15 is 0 Å². The first-order valence-corrected chi connectivity index (χ1v) is 16.0. The van der Waals surface area contributed by atoms with Crippen LogP contribution in [0.15, 0.2) is 28.3 Å². The van der Waals surface area contributed by atoms with Crippen molar-refractivity contribution < 1.29 is 9.59 Å². The summed E-state index contributed by atoms with van der Waals surface area (Å²) in [6, 6.07) is 3.78. The number of carbonyl (C=O) groups is 2. The SMILES string of the molecule is C/C1=C/[C@H](C)c2c(Br)cc(Cl)cc2CCC1.N=CCBr.NC(=O)N1CCC(CC(=O)N2CCCCC2)CC1. The fourth-order valence-electron chi connectivity index (χ4n) is 5.38. The maximum atomic E-state index is 12.1. The van der Waals surface area contributed by atoms with Crippen molar-refractivity contribution in [3.63, 3.8) is 0 Å². The number of likely N-dealkylation sites (tertiary alicyclic amines) is 2. The molecule has 6 nitrogen and oxygen atoms in total. The highest BCUT2D eigenvalue weighted by Gasteiger charge is 2.25. The summed E-state index contributed by atoms with van der Waals surface area (Å²) in [7, 11) is 0. The van der Waals surface area contributed by atoms with Crippen LogP contribution in [0.2, 0.25) is 5.02 Å². The Morgan fingerprint density at radius 3 is 2.29 bits per heavy atom. The number of nitrogens with one attached hydrogen (secondary N) is 1. The Morgan fingerprint density at radius 2 is 1.71 bits per heavy atom. The fraction of sp³-hybridized carbons (Fsp3) is 0.621. The molecule has 0 saturated carbocycles. The van der Waals surface area contributed by atoms with Crippen molar-refractivity contribution in [1.29, 1.82) is 5.41 Å². The summed E-state index contributed by atoms with van der Waals surface area (Å²) in [5.41, 5.74) is 9.55. The van der Waals surface area contributed by atoms with E-state index in [9.17, 15) is 9.59 Å². The number of nitrogens with two attached hydrogens (primary N) is 1. The largest absolute Gasteiger partial charge is 0.351 e. The number of nitrogens with zero attached hydrogens (tertiary/aromatic N) is 2. The van der Waals surface area contributed by atoms with Gasteiger partial charge >= 0.3 is 6.03 Å².